The number of halogens is 2. The molecule has 20 heavy (non-hydrogen) atoms. The van der Waals surface area contributed by atoms with Gasteiger partial charge in [0.2, 0.25) is 0 Å². The fourth-order valence-corrected chi connectivity index (χ4v) is 2.66. The van der Waals surface area contributed by atoms with Crippen LogP contribution >= 0.6 is 27.5 Å². The Balaban J connectivity index is 1.88. The number of fused-ring (bicyclic) bond motifs is 1. The van der Waals surface area contributed by atoms with Crippen molar-refractivity contribution in [3.05, 3.63) is 63.8 Å². The molecule has 3 aromatic rings. The molecule has 2 aromatic carbocycles. The Kier molecular flexibility index (Phi) is 3.72. The van der Waals surface area contributed by atoms with E-state index in [0.717, 1.165) is 26.9 Å². The summed E-state index contributed by atoms with van der Waals surface area (Å²) < 4.78 is 6.84. The van der Waals surface area contributed by atoms with Gasteiger partial charge in [0.25, 0.3) is 0 Å². The molecular formula is C16H13BrClNO. The van der Waals surface area contributed by atoms with Gasteiger partial charge < -0.3 is 9.73 Å². The largest absolute Gasteiger partial charge is 0.459 e. The quantitative estimate of drug-likeness (QED) is 0.624. The number of anilines is 1. The van der Waals surface area contributed by atoms with Crippen molar-refractivity contribution in [2.45, 2.75) is 13.0 Å². The van der Waals surface area contributed by atoms with Crippen molar-refractivity contribution in [3.8, 4) is 0 Å². The zero-order valence-corrected chi connectivity index (χ0v) is 13.2. The summed E-state index contributed by atoms with van der Waals surface area (Å²) in [6.07, 6.45) is 0. The van der Waals surface area contributed by atoms with Gasteiger partial charge in [-0.25, -0.2) is 0 Å². The molecule has 0 fully saturated rings. The fourth-order valence-electron chi connectivity index (χ4n) is 2.13. The van der Waals surface area contributed by atoms with E-state index in [0.29, 0.717) is 5.02 Å². The lowest BCUT2D eigenvalue weighted by atomic mass is 10.2. The number of hydrogen-bond acceptors (Lipinski definition) is 2. The lowest BCUT2D eigenvalue weighted by molar-refractivity contribution is 0.526. The summed E-state index contributed by atoms with van der Waals surface area (Å²) >= 11 is 9.64. The van der Waals surface area contributed by atoms with E-state index in [1.54, 1.807) is 0 Å². The topological polar surface area (TPSA) is 25.2 Å². The van der Waals surface area contributed by atoms with Crippen molar-refractivity contribution in [2.75, 3.05) is 5.32 Å². The number of hydrogen-bond donors (Lipinski definition) is 1. The maximum absolute atomic E-state index is 6.19. The molecule has 1 unspecified atom stereocenters. The second-order valence-corrected chi connectivity index (χ2v) is 6.00. The number of benzene rings is 2. The number of furan rings is 1. The zero-order chi connectivity index (χ0) is 14.1. The van der Waals surface area contributed by atoms with Gasteiger partial charge in [-0.1, -0.05) is 45.7 Å². The van der Waals surface area contributed by atoms with Crippen LogP contribution in [0.4, 0.5) is 5.69 Å². The van der Waals surface area contributed by atoms with Crippen LogP contribution in [0.1, 0.15) is 18.7 Å². The van der Waals surface area contributed by atoms with E-state index in [1.165, 1.54) is 0 Å². The summed E-state index contributed by atoms with van der Waals surface area (Å²) in [5.74, 6) is 0.891. The van der Waals surface area contributed by atoms with Crippen molar-refractivity contribution in [3.63, 3.8) is 0 Å². The highest BCUT2D eigenvalue weighted by molar-refractivity contribution is 9.10. The SMILES string of the molecule is CC(Nc1cc(Br)ccc1Cl)c1cc2ccccc2o1. The van der Waals surface area contributed by atoms with Gasteiger partial charge in [-0.05, 0) is 37.3 Å². The third-order valence-corrected chi connectivity index (χ3v) is 3.99. The van der Waals surface area contributed by atoms with Crippen LogP contribution < -0.4 is 5.32 Å². The maximum Gasteiger partial charge on any atom is 0.134 e. The van der Waals surface area contributed by atoms with Gasteiger partial charge in [0.15, 0.2) is 0 Å². The van der Waals surface area contributed by atoms with E-state index in [4.69, 9.17) is 16.0 Å². The molecule has 1 aromatic heterocycles. The molecule has 0 amide bonds. The third-order valence-electron chi connectivity index (χ3n) is 3.17. The fraction of sp³-hybridized carbons (Fsp3) is 0.125. The Hall–Kier alpha value is -1.45. The molecule has 1 N–H and O–H groups in total. The van der Waals surface area contributed by atoms with Gasteiger partial charge in [-0.15, -0.1) is 0 Å². The Labute approximate surface area is 130 Å². The average molecular weight is 351 g/mol. The van der Waals surface area contributed by atoms with E-state index in [9.17, 15) is 0 Å². The second kappa shape index (κ2) is 5.51. The highest BCUT2D eigenvalue weighted by Gasteiger charge is 2.12. The first-order valence-electron chi connectivity index (χ1n) is 6.33. The molecule has 0 saturated carbocycles. The number of rotatable bonds is 3. The van der Waals surface area contributed by atoms with Gasteiger partial charge in [-0.3, -0.25) is 0 Å². The average Bonchev–Trinajstić information content (AvgIpc) is 2.87. The molecule has 0 aliphatic rings. The van der Waals surface area contributed by atoms with Crippen molar-refractivity contribution in [1.29, 1.82) is 0 Å². The lowest BCUT2D eigenvalue weighted by Crippen LogP contribution is -2.05. The van der Waals surface area contributed by atoms with Gasteiger partial charge in [-0.2, -0.15) is 0 Å². The van der Waals surface area contributed by atoms with Crippen molar-refractivity contribution in [1.82, 2.24) is 0 Å². The number of nitrogens with one attached hydrogen (secondary N) is 1. The van der Waals surface area contributed by atoms with E-state index in [-0.39, 0.29) is 6.04 Å². The molecule has 0 radical (unpaired) electrons. The van der Waals surface area contributed by atoms with Crippen LogP contribution in [0, 0.1) is 0 Å². The Morgan fingerprint density at radius 2 is 1.95 bits per heavy atom. The molecule has 0 aliphatic carbocycles. The highest BCUT2D eigenvalue weighted by atomic mass is 79.9. The number of para-hydroxylation sites is 1. The Morgan fingerprint density at radius 1 is 1.15 bits per heavy atom. The molecule has 4 heteroatoms. The highest BCUT2D eigenvalue weighted by Crippen LogP contribution is 2.31. The molecule has 2 nitrogen and oxygen atoms in total. The molecule has 0 saturated heterocycles. The molecule has 0 bridgehead atoms. The molecule has 0 aliphatic heterocycles. The van der Waals surface area contributed by atoms with Gasteiger partial charge in [0, 0.05) is 9.86 Å². The van der Waals surface area contributed by atoms with Crippen LogP contribution in [0.15, 0.2) is 57.4 Å². The minimum atomic E-state index is 0.0363. The van der Waals surface area contributed by atoms with Gasteiger partial charge in [0.1, 0.15) is 11.3 Å². The summed E-state index contributed by atoms with van der Waals surface area (Å²) in [4.78, 5) is 0. The summed E-state index contributed by atoms with van der Waals surface area (Å²) in [5, 5.41) is 5.17. The summed E-state index contributed by atoms with van der Waals surface area (Å²) in [6, 6.07) is 15.8. The van der Waals surface area contributed by atoms with Crippen LogP contribution in [0.2, 0.25) is 5.02 Å². The van der Waals surface area contributed by atoms with Crippen LogP contribution in [-0.2, 0) is 0 Å². The minimum Gasteiger partial charge on any atom is -0.459 e. The van der Waals surface area contributed by atoms with Crippen LogP contribution in [0.3, 0.4) is 0 Å². The van der Waals surface area contributed by atoms with E-state index >= 15 is 0 Å². The predicted octanol–water partition coefficient (Wildman–Crippen LogP) is 6.02. The molecule has 102 valence electrons. The van der Waals surface area contributed by atoms with Crippen LogP contribution in [0.5, 0.6) is 0 Å². The Morgan fingerprint density at radius 3 is 2.75 bits per heavy atom. The minimum absolute atomic E-state index is 0.0363. The summed E-state index contributed by atoms with van der Waals surface area (Å²) in [5.41, 5.74) is 1.78. The first kappa shape index (κ1) is 13.5. The Bertz CT molecular complexity index is 720. The van der Waals surface area contributed by atoms with Gasteiger partial charge >= 0.3 is 0 Å². The first-order valence-corrected chi connectivity index (χ1v) is 7.50. The molecular weight excluding hydrogens is 338 g/mol. The standard InChI is InChI=1S/C16H13BrClNO/c1-10(19-14-9-12(17)6-7-13(14)18)16-8-11-4-2-3-5-15(11)20-16/h2-10,19H,1H3. The first-order chi connectivity index (χ1) is 9.63. The summed E-state index contributed by atoms with van der Waals surface area (Å²) in [7, 11) is 0. The third kappa shape index (κ3) is 2.69. The normalized spacial score (nSPS) is 12.6. The van der Waals surface area contributed by atoms with E-state index in [1.807, 2.05) is 42.5 Å². The molecule has 0 spiro atoms. The second-order valence-electron chi connectivity index (χ2n) is 4.68. The van der Waals surface area contributed by atoms with Crippen molar-refractivity contribution < 1.29 is 4.42 Å². The van der Waals surface area contributed by atoms with Crippen LogP contribution in [0.25, 0.3) is 11.0 Å². The van der Waals surface area contributed by atoms with E-state index in [2.05, 4.69) is 34.2 Å². The summed E-state index contributed by atoms with van der Waals surface area (Å²) in [6.45, 7) is 2.05. The molecule has 1 atom stereocenters. The maximum atomic E-state index is 6.19. The lowest BCUT2D eigenvalue weighted by Gasteiger charge is -2.14. The smallest absolute Gasteiger partial charge is 0.134 e. The van der Waals surface area contributed by atoms with E-state index < -0.39 is 0 Å². The molecule has 1 heterocycles. The predicted molar refractivity (Wildman–Crippen MR) is 87.4 cm³/mol. The van der Waals surface area contributed by atoms with Gasteiger partial charge in [0.05, 0.1) is 16.8 Å². The van der Waals surface area contributed by atoms with Crippen molar-refractivity contribution >= 4 is 44.2 Å². The zero-order valence-electron chi connectivity index (χ0n) is 10.9. The van der Waals surface area contributed by atoms with Crippen LogP contribution in [-0.4, -0.2) is 0 Å². The monoisotopic (exact) mass is 349 g/mol. The van der Waals surface area contributed by atoms with Crippen molar-refractivity contribution in [2.24, 2.45) is 0 Å². The molecule has 3 rings (SSSR count).